The Labute approximate surface area is 96.7 Å². The molecule has 3 rings (SSSR count). The predicted octanol–water partition coefficient (Wildman–Crippen LogP) is 1.39. The van der Waals surface area contributed by atoms with Gasteiger partial charge in [-0.15, -0.1) is 10.2 Å². The minimum atomic E-state index is -0.169. The molecule has 0 aliphatic heterocycles. The smallest absolute Gasteiger partial charge is 0.289 e. The van der Waals surface area contributed by atoms with E-state index >= 15 is 0 Å². The number of hydrogen-bond acceptors (Lipinski definition) is 3. The summed E-state index contributed by atoms with van der Waals surface area (Å²) in [6, 6.07) is 11.6. The largest absolute Gasteiger partial charge is 0.294 e. The number of H-pyrrole nitrogens is 1. The van der Waals surface area contributed by atoms with Crippen molar-refractivity contribution >= 4 is 5.65 Å². The van der Waals surface area contributed by atoms with Gasteiger partial charge in [0.25, 0.3) is 5.56 Å². The zero-order chi connectivity index (χ0) is 11.8. The number of benzene rings is 1. The highest BCUT2D eigenvalue weighted by molar-refractivity contribution is 5.63. The highest BCUT2D eigenvalue weighted by Crippen LogP contribution is 2.17. The molecule has 1 aromatic carbocycles. The van der Waals surface area contributed by atoms with E-state index in [0.717, 1.165) is 11.3 Å². The monoisotopic (exact) mass is 226 g/mol. The molecule has 0 spiro atoms. The van der Waals surface area contributed by atoms with E-state index in [9.17, 15) is 4.79 Å². The van der Waals surface area contributed by atoms with Crippen LogP contribution in [0.25, 0.3) is 16.9 Å². The van der Waals surface area contributed by atoms with Gasteiger partial charge in [-0.2, -0.15) is 4.52 Å². The van der Waals surface area contributed by atoms with Gasteiger partial charge in [0.1, 0.15) is 5.69 Å². The maximum absolute atomic E-state index is 11.8. The Kier molecular flexibility index (Phi) is 2.04. The van der Waals surface area contributed by atoms with E-state index in [1.165, 1.54) is 4.52 Å². The molecule has 2 aromatic heterocycles. The number of nitrogens with zero attached hydrogens (tertiary/aromatic N) is 3. The summed E-state index contributed by atoms with van der Waals surface area (Å²) in [4.78, 5) is 11.8. The topological polar surface area (TPSA) is 63.1 Å². The molecular formula is C12H10N4O. The Morgan fingerprint density at radius 3 is 2.71 bits per heavy atom. The van der Waals surface area contributed by atoms with Gasteiger partial charge in [-0.25, -0.2) is 0 Å². The van der Waals surface area contributed by atoms with Crippen molar-refractivity contribution in [1.29, 1.82) is 0 Å². The molecule has 1 N–H and O–H groups in total. The summed E-state index contributed by atoms with van der Waals surface area (Å²) < 4.78 is 1.41. The lowest BCUT2D eigenvalue weighted by Gasteiger charge is -1.95. The van der Waals surface area contributed by atoms with Crippen molar-refractivity contribution in [2.75, 3.05) is 0 Å². The molecule has 0 aliphatic carbocycles. The van der Waals surface area contributed by atoms with Crippen LogP contribution in [0.15, 0.2) is 41.2 Å². The number of aromatic amines is 1. The normalized spacial score (nSPS) is 10.9. The molecule has 0 bridgehead atoms. The number of rotatable bonds is 1. The highest BCUT2D eigenvalue weighted by Gasteiger charge is 2.07. The van der Waals surface area contributed by atoms with Crippen molar-refractivity contribution in [3.63, 3.8) is 0 Å². The molecule has 5 nitrogen and oxygen atoms in total. The second kappa shape index (κ2) is 3.55. The first-order valence-electron chi connectivity index (χ1n) is 5.26. The summed E-state index contributed by atoms with van der Waals surface area (Å²) in [5, 5.41) is 10.8. The van der Waals surface area contributed by atoms with Crippen molar-refractivity contribution < 1.29 is 0 Å². The van der Waals surface area contributed by atoms with E-state index in [1.807, 2.05) is 36.4 Å². The van der Waals surface area contributed by atoms with Crippen LogP contribution in [0, 0.1) is 6.92 Å². The molecule has 0 saturated carbocycles. The lowest BCUT2D eigenvalue weighted by Crippen LogP contribution is -2.19. The first-order chi connectivity index (χ1) is 8.25. The minimum Gasteiger partial charge on any atom is -0.289 e. The van der Waals surface area contributed by atoms with E-state index < -0.39 is 0 Å². The van der Waals surface area contributed by atoms with Gasteiger partial charge in [0.05, 0.1) is 5.69 Å². The Bertz CT molecular complexity index is 727. The van der Waals surface area contributed by atoms with Gasteiger partial charge in [-0.1, -0.05) is 30.3 Å². The molecular weight excluding hydrogens is 216 g/mol. The third kappa shape index (κ3) is 1.52. The van der Waals surface area contributed by atoms with Gasteiger partial charge in [0, 0.05) is 6.07 Å². The van der Waals surface area contributed by atoms with Crippen molar-refractivity contribution in [2.24, 2.45) is 0 Å². The van der Waals surface area contributed by atoms with E-state index in [2.05, 4.69) is 15.3 Å². The average molecular weight is 226 g/mol. The lowest BCUT2D eigenvalue weighted by molar-refractivity contribution is 0.828. The third-order valence-electron chi connectivity index (χ3n) is 2.63. The second-order valence-electron chi connectivity index (χ2n) is 3.82. The molecule has 0 fully saturated rings. The van der Waals surface area contributed by atoms with Crippen LogP contribution in [0.2, 0.25) is 0 Å². The summed E-state index contributed by atoms with van der Waals surface area (Å²) in [6.07, 6.45) is 0. The summed E-state index contributed by atoms with van der Waals surface area (Å²) in [5.41, 5.74) is 2.60. The molecule has 0 amide bonds. The Morgan fingerprint density at radius 2 is 1.94 bits per heavy atom. The van der Waals surface area contributed by atoms with Crippen LogP contribution in [-0.2, 0) is 0 Å². The number of aromatic nitrogens is 4. The second-order valence-corrected chi connectivity index (χ2v) is 3.82. The third-order valence-corrected chi connectivity index (χ3v) is 2.63. The predicted molar refractivity (Wildman–Crippen MR) is 63.8 cm³/mol. The van der Waals surface area contributed by atoms with Crippen molar-refractivity contribution in [3.05, 3.63) is 52.4 Å². The zero-order valence-corrected chi connectivity index (χ0v) is 9.21. The fourth-order valence-corrected chi connectivity index (χ4v) is 1.73. The van der Waals surface area contributed by atoms with Crippen LogP contribution in [0.3, 0.4) is 0 Å². The van der Waals surface area contributed by atoms with Gasteiger partial charge in [-0.05, 0) is 12.5 Å². The molecule has 0 aliphatic rings. The van der Waals surface area contributed by atoms with Crippen molar-refractivity contribution in [1.82, 2.24) is 19.8 Å². The molecule has 0 atom stereocenters. The van der Waals surface area contributed by atoms with E-state index in [1.54, 1.807) is 6.92 Å². The minimum absolute atomic E-state index is 0.169. The SMILES string of the molecule is Cc1nnc2cc(-c3ccccc3)[nH]n2c1=O. The number of aryl methyl sites for hydroxylation is 1. The zero-order valence-electron chi connectivity index (χ0n) is 9.21. The lowest BCUT2D eigenvalue weighted by atomic mass is 10.2. The molecule has 17 heavy (non-hydrogen) atoms. The van der Waals surface area contributed by atoms with Crippen molar-refractivity contribution in [3.8, 4) is 11.3 Å². The van der Waals surface area contributed by atoms with E-state index in [-0.39, 0.29) is 5.56 Å². The highest BCUT2D eigenvalue weighted by atomic mass is 16.1. The number of nitrogens with one attached hydrogen (secondary N) is 1. The Balaban J connectivity index is 2.28. The fourth-order valence-electron chi connectivity index (χ4n) is 1.73. The summed E-state index contributed by atoms with van der Waals surface area (Å²) in [7, 11) is 0. The van der Waals surface area contributed by atoms with Crippen LogP contribution >= 0.6 is 0 Å². The molecule has 5 heteroatoms. The number of hydrogen-bond donors (Lipinski definition) is 1. The van der Waals surface area contributed by atoms with Crippen LogP contribution in [0.5, 0.6) is 0 Å². The van der Waals surface area contributed by atoms with Crippen LogP contribution < -0.4 is 5.56 Å². The van der Waals surface area contributed by atoms with Crippen molar-refractivity contribution in [2.45, 2.75) is 6.92 Å². The quantitative estimate of drug-likeness (QED) is 0.682. The van der Waals surface area contributed by atoms with Gasteiger partial charge >= 0.3 is 0 Å². The van der Waals surface area contributed by atoms with Gasteiger partial charge in [-0.3, -0.25) is 9.89 Å². The molecule has 0 saturated heterocycles. The molecule has 3 aromatic rings. The Hall–Kier alpha value is -2.43. The van der Waals surface area contributed by atoms with Gasteiger partial charge in [0.15, 0.2) is 5.65 Å². The van der Waals surface area contributed by atoms with Gasteiger partial charge < -0.3 is 0 Å². The van der Waals surface area contributed by atoms with E-state index in [4.69, 9.17) is 0 Å². The van der Waals surface area contributed by atoms with E-state index in [0.29, 0.717) is 11.3 Å². The molecule has 0 radical (unpaired) electrons. The van der Waals surface area contributed by atoms with Crippen LogP contribution in [0.4, 0.5) is 0 Å². The Morgan fingerprint density at radius 1 is 1.18 bits per heavy atom. The van der Waals surface area contributed by atoms with Gasteiger partial charge in [0.2, 0.25) is 0 Å². The standard InChI is InChI=1S/C12H10N4O/c1-8-12(17)16-11(14-13-8)7-10(15-16)9-5-3-2-4-6-9/h2-7,15H,1H3. The molecule has 0 unspecified atom stereocenters. The summed E-state index contributed by atoms with van der Waals surface area (Å²) >= 11 is 0. The maximum atomic E-state index is 11.8. The first-order valence-corrected chi connectivity index (χ1v) is 5.26. The average Bonchev–Trinajstić information content (AvgIpc) is 2.80. The first kappa shape index (κ1) is 9.77. The molecule has 2 heterocycles. The number of fused-ring (bicyclic) bond motifs is 1. The summed E-state index contributed by atoms with van der Waals surface area (Å²) in [5.74, 6) is 0. The summed E-state index contributed by atoms with van der Waals surface area (Å²) in [6.45, 7) is 1.64. The van der Waals surface area contributed by atoms with Crippen LogP contribution in [0.1, 0.15) is 5.69 Å². The van der Waals surface area contributed by atoms with Crippen LogP contribution in [-0.4, -0.2) is 19.8 Å². The maximum Gasteiger partial charge on any atom is 0.294 e. The molecule has 84 valence electrons. The fraction of sp³-hybridized carbons (Fsp3) is 0.0833.